The largest absolute Gasteiger partial charge is 0.499 e. The molecule has 0 aliphatic heterocycles. The molecular formula is C16H29BO2S. The first kappa shape index (κ1) is 17.7. The zero-order valence-electron chi connectivity index (χ0n) is 13.0. The van der Waals surface area contributed by atoms with E-state index < -0.39 is 7.12 Å². The minimum absolute atomic E-state index is 0.661. The van der Waals surface area contributed by atoms with Crippen LogP contribution in [0.15, 0.2) is 12.1 Å². The summed E-state index contributed by atoms with van der Waals surface area (Å²) < 4.78 is 0.661. The van der Waals surface area contributed by atoms with E-state index in [0.717, 1.165) is 12.3 Å². The molecule has 2 nitrogen and oxygen atoms in total. The minimum atomic E-state index is -1.31. The first-order valence-electron chi connectivity index (χ1n) is 8.12. The van der Waals surface area contributed by atoms with Crippen LogP contribution in [0.2, 0.25) is 0 Å². The minimum Gasteiger partial charge on any atom is -0.423 e. The normalized spacial score (nSPS) is 12.6. The lowest BCUT2D eigenvalue weighted by Crippen LogP contribution is -2.26. The van der Waals surface area contributed by atoms with E-state index in [1.807, 2.05) is 12.1 Å². The fourth-order valence-corrected chi connectivity index (χ4v) is 3.59. The van der Waals surface area contributed by atoms with Gasteiger partial charge in [-0.1, -0.05) is 71.3 Å². The SMILES string of the molecule is CCCCCCCCC(CC)Cc1ccc(B(O)O)s1. The molecule has 0 spiro atoms. The third-order valence-electron chi connectivity index (χ3n) is 3.97. The smallest absolute Gasteiger partial charge is 0.423 e. The van der Waals surface area contributed by atoms with Crippen LogP contribution in [0.5, 0.6) is 0 Å². The highest BCUT2D eigenvalue weighted by Crippen LogP contribution is 2.21. The summed E-state index contributed by atoms with van der Waals surface area (Å²) in [4.78, 5) is 1.28. The lowest BCUT2D eigenvalue weighted by molar-refractivity contribution is 0.427. The van der Waals surface area contributed by atoms with Crippen molar-refractivity contribution in [2.75, 3.05) is 0 Å². The van der Waals surface area contributed by atoms with Gasteiger partial charge in [-0.05, 0) is 18.4 Å². The molecule has 4 heteroatoms. The van der Waals surface area contributed by atoms with Gasteiger partial charge in [-0.2, -0.15) is 0 Å². The van der Waals surface area contributed by atoms with Gasteiger partial charge >= 0.3 is 7.12 Å². The molecule has 1 atom stereocenters. The number of unbranched alkanes of at least 4 members (excludes halogenated alkanes) is 5. The lowest BCUT2D eigenvalue weighted by atomic mass is 9.89. The van der Waals surface area contributed by atoms with Crippen LogP contribution in [-0.4, -0.2) is 17.2 Å². The van der Waals surface area contributed by atoms with Crippen LogP contribution in [-0.2, 0) is 6.42 Å². The monoisotopic (exact) mass is 296 g/mol. The molecule has 1 aromatic rings. The number of hydrogen-bond acceptors (Lipinski definition) is 3. The molecule has 1 rings (SSSR count). The van der Waals surface area contributed by atoms with E-state index in [2.05, 4.69) is 13.8 Å². The first-order valence-corrected chi connectivity index (χ1v) is 8.93. The van der Waals surface area contributed by atoms with Gasteiger partial charge < -0.3 is 10.0 Å². The molecule has 0 aliphatic rings. The Balaban J connectivity index is 2.24. The molecule has 1 heterocycles. The fraction of sp³-hybridized carbons (Fsp3) is 0.750. The third-order valence-corrected chi connectivity index (χ3v) is 5.12. The summed E-state index contributed by atoms with van der Waals surface area (Å²) in [6.45, 7) is 4.52. The van der Waals surface area contributed by atoms with Gasteiger partial charge in [0.25, 0.3) is 0 Å². The van der Waals surface area contributed by atoms with Crippen molar-refractivity contribution in [2.45, 2.75) is 71.6 Å². The van der Waals surface area contributed by atoms with Crippen molar-refractivity contribution < 1.29 is 10.0 Å². The van der Waals surface area contributed by atoms with Gasteiger partial charge in [-0.25, -0.2) is 0 Å². The Morgan fingerprint density at radius 3 is 2.35 bits per heavy atom. The summed E-state index contributed by atoms with van der Waals surface area (Å²) in [5.41, 5.74) is 0. The van der Waals surface area contributed by atoms with Crippen molar-refractivity contribution in [3.05, 3.63) is 17.0 Å². The topological polar surface area (TPSA) is 40.5 Å². The number of thiophene rings is 1. The van der Waals surface area contributed by atoms with Crippen molar-refractivity contribution in [1.82, 2.24) is 0 Å². The highest BCUT2D eigenvalue weighted by molar-refractivity contribution is 7.22. The zero-order chi connectivity index (χ0) is 14.8. The highest BCUT2D eigenvalue weighted by atomic mass is 32.1. The van der Waals surface area contributed by atoms with Gasteiger partial charge in [0, 0.05) is 9.65 Å². The molecule has 0 saturated carbocycles. The average Bonchev–Trinajstić information content (AvgIpc) is 2.90. The summed E-state index contributed by atoms with van der Waals surface area (Å²) in [6.07, 6.45) is 11.8. The molecule has 20 heavy (non-hydrogen) atoms. The van der Waals surface area contributed by atoms with Gasteiger partial charge in [0.05, 0.1) is 0 Å². The maximum atomic E-state index is 9.14. The Morgan fingerprint density at radius 1 is 1.05 bits per heavy atom. The number of rotatable bonds is 11. The van der Waals surface area contributed by atoms with E-state index in [1.54, 1.807) is 0 Å². The van der Waals surface area contributed by atoms with Gasteiger partial charge in [-0.3, -0.25) is 0 Å². The quantitative estimate of drug-likeness (QED) is 0.482. The summed E-state index contributed by atoms with van der Waals surface area (Å²) in [5, 5.41) is 18.3. The van der Waals surface area contributed by atoms with Gasteiger partial charge in [-0.15, -0.1) is 11.3 Å². The second-order valence-corrected chi connectivity index (χ2v) is 6.91. The van der Waals surface area contributed by atoms with Crippen molar-refractivity contribution in [3.8, 4) is 0 Å². The lowest BCUT2D eigenvalue weighted by Gasteiger charge is -2.13. The standard InChI is InChI=1S/C16H29BO2S/c1-3-5-6-7-8-9-10-14(4-2)13-15-11-12-16(20-15)17(18)19/h11-12,14,18-19H,3-10,13H2,1-2H3. The summed E-state index contributed by atoms with van der Waals surface area (Å²) in [5.74, 6) is 0.739. The van der Waals surface area contributed by atoms with E-state index >= 15 is 0 Å². The Morgan fingerprint density at radius 2 is 1.75 bits per heavy atom. The average molecular weight is 296 g/mol. The molecule has 2 N–H and O–H groups in total. The Kier molecular flexibility index (Phi) is 9.24. The zero-order valence-corrected chi connectivity index (χ0v) is 13.8. The van der Waals surface area contributed by atoms with Gasteiger partial charge in [0.1, 0.15) is 0 Å². The third kappa shape index (κ3) is 6.91. The molecule has 114 valence electrons. The number of hydrogen-bond donors (Lipinski definition) is 2. The van der Waals surface area contributed by atoms with Crippen molar-refractivity contribution in [3.63, 3.8) is 0 Å². The molecule has 0 saturated heterocycles. The Hall–Kier alpha value is -0.315. The van der Waals surface area contributed by atoms with E-state index in [-0.39, 0.29) is 0 Å². The van der Waals surface area contributed by atoms with E-state index in [1.165, 1.54) is 67.6 Å². The summed E-state index contributed by atoms with van der Waals surface area (Å²) in [7, 11) is -1.31. The van der Waals surface area contributed by atoms with E-state index in [0.29, 0.717) is 4.78 Å². The van der Waals surface area contributed by atoms with Crippen LogP contribution in [0.25, 0.3) is 0 Å². The Labute approximate surface area is 128 Å². The highest BCUT2D eigenvalue weighted by Gasteiger charge is 2.15. The van der Waals surface area contributed by atoms with Crippen LogP contribution in [0, 0.1) is 5.92 Å². The molecule has 0 aromatic carbocycles. The second kappa shape index (κ2) is 10.4. The predicted octanol–water partition coefficient (Wildman–Crippen LogP) is 3.75. The van der Waals surface area contributed by atoms with Crippen molar-refractivity contribution in [1.29, 1.82) is 0 Å². The molecule has 1 unspecified atom stereocenters. The van der Waals surface area contributed by atoms with Gasteiger partial charge in [0.2, 0.25) is 0 Å². The van der Waals surface area contributed by atoms with Gasteiger partial charge in [0.15, 0.2) is 0 Å². The maximum absolute atomic E-state index is 9.14. The fourth-order valence-electron chi connectivity index (χ4n) is 2.59. The van der Waals surface area contributed by atoms with E-state index in [4.69, 9.17) is 10.0 Å². The van der Waals surface area contributed by atoms with E-state index in [9.17, 15) is 0 Å². The molecule has 1 aromatic heterocycles. The van der Waals surface area contributed by atoms with Crippen LogP contribution in [0.4, 0.5) is 0 Å². The van der Waals surface area contributed by atoms with Crippen LogP contribution < -0.4 is 4.78 Å². The van der Waals surface area contributed by atoms with Crippen molar-refractivity contribution >= 4 is 23.2 Å². The van der Waals surface area contributed by atoms with Crippen molar-refractivity contribution in [2.24, 2.45) is 5.92 Å². The molecule has 0 amide bonds. The summed E-state index contributed by atoms with van der Waals surface area (Å²) in [6, 6.07) is 3.88. The molecule has 0 radical (unpaired) electrons. The van der Waals surface area contributed by atoms with Crippen LogP contribution >= 0.6 is 11.3 Å². The summed E-state index contributed by atoms with van der Waals surface area (Å²) >= 11 is 1.53. The maximum Gasteiger partial charge on any atom is 0.499 e. The van der Waals surface area contributed by atoms with Crippen LogP contribution in [0.1, 0.15) is 70.1 Å². The Bertz CT molecular complexity index is 352. The molecule has 0 bridgehead atoms. The first-order chi connectivity index (χ1) is 9.67. The predicted molar refractivity (Wildman–Crippen MR) is 89.6 cm³/mol. The second-order valence-electron chi connectivity index (χ2n) is 5.71. The molecule has 0 aliphatic carbocycles. The molecule has 0 fully saturated rings. The van der Waals surface area contributed by atoms with Crippen LogP contribution in [0.3, 0.4) is 0 Å². The molecular weight excluding hydrogens is 267 g/mol.